The van der Waals surface area contributed by atoms with Gasteiger partial charge in [-0.2, -0.15) is 0 Å². The zero-order valence-electron chi connectivity index (χ0n) is 13.2. The Labute approximate surface area is 128 Å². The normalized spacial score (nSPS) is 20.6. The standard InChI is InChI=1S/C18H28N2O/c1-2-8-17(9-3-1)16-21-18(14-19-10-4-5-11-19)15-20-12-6-7-13-20/h1-3,8-9,18H,4-7,10-16H2/p+2. The molecule has 2 heterocycles. The lowest BCUT2D eigenvalue weighted by molar-refractivity contribution is -0.913. The molecule has 0 saturated carbocycles. The molecule has 0 atom stereocenters. The number of benzene rings is 1. The second-order valence-corrected chi connectivity index (χ2v) is 6.74. The van der Waals surface area contributed by atoms with Crippen molar-refractivity contribution in [2.75, 3.05) is 39.3 Å². The molecule has 2 aliphatic rings. The van der Waals surface area contributed by atoms with Crippen molar-refractivity contribution < 1.29 is 14.5 Å². The van der Waals surface area contributed by atoms with Crippen LogP contribution < -0.4 is 9.80 Å². The van der Waals surface area contributed by atoms with Crippen LogP contribution in [-0.4, -0.2) is 45.4 Å². The van der Waals surface area contributed by atoms with Crippen LogP contribution in [0.1, 0.15) is 31.2 Å². The molecule has 0 unspecified atom stereocenters. The summed E-state index contributed by atoms with van der Waals surface area (Å²) < 4.78 is 6.31. The first-order valence-corrected chi connectivity index (χ1v) is 8.73. The molecule has 2 fully saturated rings. The highest BCUT2D eigenvalue weighted by Crippen LogP contribution is 2.03. The second kappa shape index (κ2) is 7.92. The molecular formula is C18H30N2O+2. The summed E-state index contributed by atoms with van der Waals surface area (Å²) in [5.74, 6) is 0. The Balaban J connectivity index is 1.52. The lowest BCUT2D eigenvalue weighted by Gasteiger charge is -2.24. The molecule has 21 heavy (non-hydrogen) atoms. The van der Waals surface area contributed by atoms with Crippen molar-refractivity contribution in [3.63, 3.8) is 0 Å². The quantitative estimate of drug-likeness (QED) is 0.719. The minimum atomic E-state index is 0.423. The number of rotatable bonds is 7. The maximum atomic E-state index is 6.31. The molecule has 3 rings (SSSR count). The molecule has 2 aliphatic heterocycles. The molecule has 0 bridgehead atoms. The van der Waals surface area contributed by atoms with Gasteiger partial charge in [0.2, 0.25) is 0 Å². The SMILES string of the molecule is c1ccc(COC(C[NH+]2CCCC2)C[NH+]2CCCC2)cc1. The van der Waals surface area contributed by atoms with Gasteiger partial charge in [-0.15, -0.1) is 0 Å². The van der Waals surface area contributed by atoms with Gasteiger partial charge in [-0.3, -0.25) is 0 Å². The van der Waals surface area contributed by atoms with E-state index >= 15 is 0 Å². The van der Waals surface area contributed by atoms with Crippen LogP contribution in [0.2, 0.25) is 0 Å². The lowest BCUT2D eigenvalue weighted by atomic mass is 10.2. The predicted octanol–water partition coefficient (Wildman–Crippen LogP) is -0.0708. The summed E-state index contributed by atoms with van der Waals surface area (Å²) in [6.45, 7) is 8.57. The fraction of sp³-hybridized carbons (Fsp3) is 0.667. The minimum Gasteiger partial charge on any atom is -0.362 e. The van der Waals surface area contributed by atoms with Crippen molar-refractivity contribution in [3.8, 4) is 0 Å². The smallest absolute Gasteiger partial charge is 0.155 e. The fourth-order valence-corrected chi connectivity index (χ4v) is 3.78. The summed E-state index contributed by atoms with van der Waals surface area (Å²) >= 11 is 0. The maximum Gasteiger partial charge on any atom is 0.155 e. The third-order valence-electron chi connectivity index (χ3n) is 4.98. The average molecular weight is 290 g/mol. The molecule has 2 N–H and O–H groups in total. The van der Waals surface area contributed by atoms with E-state index in [4.69, 9.17) is 4.74 Å². The van der Waals surface area contributed by atoms with Crippen LogP contribution in [0.5, 0.6) is 0 Å². The number of quaternary nitrogens is 2. The molecule has 116 valence electrons. The fourth-order valence-electron chi connectivity index (χ4n) is 3.78. The first-order chi connectivity index (χ1) is 10.4. The zero-order chi connectivity index (χ0) is 14.3. The van der Waals surface area contributed by atoms with E-state index in [9.17, 15) is 0 Å². The summed E-state index contributed by atoms with van der Waals surface area (Å²) in [6.07, 6.45) is 6.02. The van der Waals surface area contributed by atoms with Crippen LogP contribution in [-0.2, 0) is 11.3 Å². The Bertz CT molecular complexity index is 379. The summed E-state index contributed by atoms with van der Waals surface area (Å²) in [5, 5.41) is 0. The van der Waals surface area contributed by atoms with Gasteiger partial charge in [0.05, 0.1) is 32.8 Å². The topological polar surface area (TPSA) is 18.1 Å². The van der Waals surface area contributed by atoms with Crippen LogP contribution in [0.15, 0.2) is 30.3 Å². The van der Waals surface area contributed by atoms with Gasteiger partial charge in [-0.25, -0.2) is 0 Å². The van der Waals surface area contributed by atoms with Gasteiger partial charge in [0.15, 0.2) is 6.10 Å². The van der Waals surface area contributed by atoms with Gasteiger partial charge in [0.25, 0.3) is 0 Å². The predicted molar refractivity (Wildman–Crippen MR) is 84.6 cm³/mol. The van der Waals surface area contributed by atoms with Gasteiger partial charge in [0.1, 0.15) is 13.1 Å². The van der Waals surface area contributed by atoms with Crippen molar-refractivity contribution in [3.05, 3.63) is 35.9 Å². The Kier molecular flexibility index (Phi) is 5.67. The molecule has 1 aromatic carbocycles. The van der Waals surface area contributed by atoms with Crippen LogP contribution in [0.25, 0.3) is 0 Å². The van der Waals surface area contributed by atoms with E-state index in [0.717, 1.165) is 6.61 Å². The Hall–Kier alpha value is -0.900. The maximum absolute atomic E-state index is 6.31. The highest BCUT2D eigenvalue weighted by Gasteiger charge is 2.26. The van der Waals surface area contributed by atoms with Crippen LogP contribution in [0, 0.1) is 0 Å². The molecule has 0 amide bonds. The first kappa shape index (κ1) is 15.0. The summed E-state index contributed by atoms with van der Waals surface area (Å²) in [5.41, 5.74) is 1.30. The van der Waals surface area contributed by atoms with Gasteiger partial charge in [-0.05, 0) is 5.56 Å². The molecule has 2 saturated heterocycles. The highest BCUT2D eigenvalue weighted by atomic mass is 16.5. The third kappa shape index (κ3) is 4.80. The number of hydrogen-bond acceptors (Lipinski definition) is 1. The van der Waals surface area contributed by atoms with E-state index in [2.05, 4.69) is 30.3 Å². The van der Waals surface area contributed by atoms with Crippen LogP contribution >= 0.6 is 0 Å². The number of likely N-dealkylation sites (tertiary alicyclic amines) is 2. The van der Waals surface area contributed by atoms with E-state index in [0.29, 0.717) is 6.10 Å². The number of hydrogen-bond donors (Lipinski definition) is 2. The van der Waals surface area contributed by atoms with Gasteiger partial charge in [-0.1, -0.05) is 30.3 Å². The molecule has 1 aromatic rings. The van der Waals surface area contributed by atoms with Crippen molar-refractivity contribution >= 4 is 0 Å². The van der Waals surface area contributed by atoms with Crippen LogP contribution in [0.4, 0.5) is 0 Å². The second-order valence-electron chi connectivity index (χ2n) is 6.74. The Morgan fingerprint density at radius 3 is 1.86 bits per heavy atom. The zero-order valence-corrected chi connectivity index (χ0v) is 13.2. The summed E-state index contributed by atoms with van der Waals surface area (Å²) in [4.78, 5) is 3.51. The average Bonchev–Trinajstić information content (AvgIpc) is 3.20. The molecule has 0 radical (unpaired) electrons. The van der Waals surface area contributed by atoms with Crippen molar-refractivity contribution in [2.24, 2.45) is 0 Å². The van der Waals surface area contributed by atoms with Gasteiger partial charge >= 0.3 is 0 Å². The van der Waals surface area contributed by atoms with E-state index in [-0.39, 0.29) is 0 Å². The summed E-state index contributed by atoms with van der Waals surface area (Å²) in [6, 6.07) is 10.6. The van der Waals surface area contributed by atoms with Crippen molar-refractivity contribution in [2.45, 2.75) is 38.4 Å². The minimum absolute atomic E-state index is 0.423. The molecule has 0 aliphatic carbocycles. The molecule has 3 heteroatoms. The third-order valence-corrected chi connectivity index (χ3v) is 4.98. The number of ether oxygens (including phenoxy) is 1. The van der Waals surface area contributed by atoms with Crippen molar-refractivity contribution in [1.29, 1.82) is 0 Å². The lowest BCUT2D eigenvalue weighted by Crippen LogP contribution is -3.15. The molecule has 3 nitrogen and oxygen atoms in total. The van der Waals surface area contributed by atoms with E-state index in [1.807, 2.05) is 0 Å². The van der Waals surface area contributed by atoms with Gasteiger partial charge in [0, 0.05) is 25.7 Å². The largest absolute Gasteiger partial charge is 0.362 e. The van der Waals surface area contributed by atoms with Gasteiger partial charge < -0.3 is 14.5 Å². The molecular weight excluding hydrogens is 260 g/mol. The number of nitrogens with one attached hydrogen (secondary N) is 2. The highest BCUT2D eigenvalue weighted by molar-refractivity contribution is 5.13. The first-order valence-electron chi connectivity index (χ1n) is 8.73. The molecule has 0 spiro atoms. The monoisotopic (exact) mass is 290 g/mol. The van der Waals surface area contributed by atoms with Crippen molar-refractivity contribution in [1.82, 2.24) is 0 Å². The van der Waals surface area contributed by atoms with E-state index < -0.39 is 0 Å². The van der Waals surface area contributed by atoms with E-state index in [1.165, 1.54) is 70.5 Å². The van der Waals surface area contributed by atoms with Crippen LogP contribution in [0.3, 0.4) is 0 Å². The Morgan fingerprint density at radius 2 is 1.33 bits per heavy atom. The Morgan fingerprint density at radius 1 is 0.810 bits per heavy atom. The summed E-state index contributed by atoms with van der Waals surface area (Å²) in [7, 11) is 0. The molecule has 0 aromatic heterocycles. The van der Waals surface area contributed by atoms with E-state index in [1.54, 1.807) is 9.80 Å².